The summed E-state index contributed by atoms with van der Waals surface area (Å²) in [5, 5.41) is 7.87. The zero-order valence-electron chi connectivity index (χ0n) is 18.2. The third kappa shape index (κ3) is 6.84. The molecule has 2 N–H and O–H groups in total. The van der Waals surface area contributed by atoms with E-state index in [1.54, 1.807) is 6.07 Å². The molecule has 0 aromatic carbocycles. The van der Waals surface area contributed by atoms with Crippen LogP contribution in [-0.2, 0) is 9.59 Å². The second-order valence-electron chi connectivity index (χ2n) is 8.79. The Morgan fingerprint density at radius 1 is 1.10 bits per heavy atom. The fraction of sp³-hybridized carbons (Fsp3) is 0.682. The Labute approximate surface area is 178 Å². The molecule has 0 unspecified atom stereocenters. The summed E-state index contributed by atoms with van der Waals surface area (Å²) in [4.78, 5) is 40.5. The molecule has 0 aliphatic carbocycles. The average molecular weight is 422 g/mol. The highest BCUT2D eigenvalue weighted by Crippen LogP contribution is 2.23. The van der Waals surface area contributed by atoms with Crippen LogP contribution in [-0.4, -0.2) is 47.8 Å². The second-order valence-corrected chi connectivity index (χ2v) is 9.73. The van der Waals surface area contributed by atoms with Gasteiger partial charge < -0.3 is 15.5 Å². The minimum absolute atomic E-state index is 0.0152. The number of hydrogen-bond acceptors (Lipinski definition) is 4. The van der Waals surface area contributed by atoms with E-state index in [4.69, 9.17) is 0 Å². The Balaban J connectivity index is 2.06. The van der Waals surface area contributed by atoms with Crippen LogP contribution < -0.4 is 10.6 Å². The van der Waals surface area contributed by atoms with E-state index in [1.807, 2.05) is 37.1 Å². The molecule has 2 heterocycles. The van der Waals surface area contributed by atoms with Gasteiger partial charge in [-0.3, -0.25) is 14.4 Å². The van der Waals surface area contributed by atoms with Crippen molar-refractivity contribution in [3.63, 3.8) is 0 Å². The van der Waals surface area contributed by atoms with Crippen molar-refractivity contribution in [2.24, 2.45) is 17.8 Å². The summed E-state index contributed by atoms with van der Waals surface area (Å²) >= 11 is 1.36. The first kappa shape index (κ1) is 23.4. The quantitative estimate of drug-likeness (QED) is 0.676. The van der Waals surface area contributed by atoms with Crippen LogP contribution in [0.4, 0.5) is 0 Å². The lowest BCUT2D eigenvalue weighted by molar-refractivity contribution is -0.133. The van der Waals surface area contributed by atoms with Gasteiger partial charge in [-0.05, 0) is 49.0 Å². The van der Waals surface area contributed by atoms with E-state index in [0.29, 0.717) is 49.1 Å². The number of rotatable bonds is 8. The molecule has 1 aromatic heterocycles. The Morgan fingerprint density at radius 3 is 2.28 bits per heavy atom. The van der Waals surface area contributed by atoms with Gasteiger partial charge in [0.2, 0.25) is 11.8 Å². The number of hydrogen-bond donors (Lipinski definition) is 2. The molecule has 1 aromatic rings. The van der Waals surface area contributed by atoms with Gasteiger partial charge in [-0.15, -0.1) is 11.3 Å². The highest BCUT2D eigenvalue weighted by molar-refractivity contribution is 7.12. The molecule has 1 fully saturated rings. The summed E-state index contributed by atoms with van der Waals surface area (Å²) in [6.07, 6.45) is 1.97. The van der Waals surface area contributed by atoms with E-state index in [1.165, 1.54) is 11.3 Å². The lowest BCUT2D eigenvalue weighted by Gasteiger charge is -2.36. The number of nitrogens with one attached hydrogen (secondary N) is 2. The van der Waals surface area contributed by atoms with Gasteiger partial charge in [-0.2, -0.15) is 0 Å². The minimum atomic E-state index is -0.590. The first-order chi connectivity index (χ1) is 13.7. The fourth-order valence-corrected chi connectivity index (χ4v) is 4.09. The molecular formula is C22H35N3O3S. The normalized spacial score (nSPS) is 17.3. The van der Waals surface area contributed by atoms with Crippen molar-refractivity contribution in [3.05, 3.63) is 22.4 Å². The van der Waals surface area contributed by atoms with E-state index < -0.39 is 6.04 Å². The lowest BCUT2D eigenvalue weighted by Crippen LogP contribution is -2.55. The van der Waals surface area contributed by atoms with E-state index in [0.717, 1.165) is 0 Å². The summed E-state index contributed by atoms with van der Waals surface area (Å²) in [5.41, 5.74) is 0. The van der Waals surface area contributed by atoms with Crippen LogP contribution in [0.1, 0.15) is 63.6 Å². The van der Waals surface area contributed by atoms with Crippen LogP contribution in [0.15, 0.2) is 17.5 Å². The van der Waals surface area contributed by atoms with Crippen molar-refractivity contribution in [2.75, 3.05) is 13.1 Å². The summed E-state index contributed by atoms with van der Waals surface area (Å²) in [6, 6.07) is 3.03. The molecule has 3 amide bonds. The molecule has 6 nitrogen and oxygen atoms in total. The molecule has 0 spiro atoms. The molecule has 1 aliphatic rings. The summed E-state index contributed by atoms with van der Waals surface area (Å²) < 4.78 is 0. The molecular weight excluding hydrogens is 386 g/mol. The maximum atomic E-state index is 13.0. The number of carbonyl (C=O) groups is 3. The van der Waals surface area contributed by atoms with Crippen molar-refractivity contribution >= 4 is 29.1 Å². The third-order valence-corrected chi connectivity index (χ3v) is 6.50. The predicted molar refractivity (Wildman–Crippen MR) is 117 cm³/mol. The smallest absolute Gasteiger partial charge is 0.262 e. The SMILES string of the molecule is CC(C)CC(=O)N1CCC([C@H](NC(=O)c2cccs2)C(=O)N[C@H](C)C(C)C)CC1. The van der Waals surface area contributed by atoms with E-state index in [9.17, 15) is 14.4 Å². The van der Waals surface area contributed by atoms with E-state index in [-0.39, 0.29) is 29.7 Å². The van der Waals surface area contributed by atoms with Crippen LogP contribution in [0.25, 0.3) is 0 Å². The van der Waals surface area contributed by atoms with Gasteiger partial charge in [0.15, 0.2) is 0 Å². The number of carbonyl (C=O) groups excluding carboxylic acids is 3. The molecule has 1 saturated heterocycles. The molecule has 2 atom stereocenters. The van der Waals surface area contributed by atoms with Gasteiger partial charge >= 0.3 is 0 Å². The first-order valence-electron chi connectivity index (χ1n) is 10.6. The number of thiophene rings is 1. The van der Waals surface area contributed by atoms with Crippen molar-refractivity contribution < 1.29 is 14.4 Å². The van der Waals surface area contributed by atoms with Gasteiger partial charge in [0.25, 0.3) is 5.91 Å². The summed E-state index contributed by atoms with van der Waals surface area (Å²) in [7, 11) is 0. The zero-order chi connectivity index (χ0) is 21.6. The summed E-state index contributed by atoms with van der Waals surface area (Å²) in [5.74, 6) is 0.486. The van der Waals surface area contributed by atoms with Crippen LogP contribution in [0, 0.1) is 17.8 Å². The number of nitrogens with zero attached hydrogens (tertiary/aromatic N) is 1. The zero-order valence-corrected chi connectivity index (χ0v) is 19.1. The van der Waals surface area contributed by atoms with Crippen LogP contribution in [0.3, 0.4) is 0 Å². The Morgan fingerprint density at radius 2 is 1.76 bits per heavy atom. The Bertz CT molecular complexity index is 679. The van der Waals surface area contributed by atoms with Crippen molar-refractivity contribution in [1.29, 1.82) is 0 Å². The fourth-order valence-electron chi connectivity index (χ4n) is 3.46. The highest BCUT2D eigenvalue weighted by Gasteiger charge is 2.34. The molecule has 0 bridgehead atoms. The minimum Gasteiger partial charge on any atom is -0.352 e. The molecule has 162 valence electrons. The second kappa shape index (κ2) is 10.8. The van der Waals surface area contributed by atoms with Gasteiger partial charge in [-0.1, -0.05) is 33.8 Å². The van der Waals surface area contributed by atoms with E-state index >= 15 is 0 Å². The Kier molecular flexibility index (Phi) is 8.68. The Hall–Kier alpha value is -1.89. The average Bonchev–Trinajstić information content (AvgIpc) is 3.20. The first-order valence-corrected chi connectivity index (χ1v) is 11.5. The molecule has 2 rings (SSSR count). The van der Waals surface area contributed by atoms with Crippen LogP contribution in [0.5, 0.6) is 0 Å². The van der Waals surface area contributed by atoms with Gasteiger partial charge in [0.05, 0.1) is 4.88 Å². The monoisotopic (exact) mass is 421 g/mol. The largest absolute Gasteiger partial charge is 0.352 e. The maximum absolute atomic E-state index is 13.0. The molecule has 29 heavy (non-hydrogen) atoms. The molecule has 0 radical (unpaired) electrons. The lowest BCUT2D eigenvalue weighted by atomic mass is 9.88. The number of piperidine rings is 1. The van der Waals surface area contributed by atoms with Crippen LogP contribution >= 0.6 is 11.3 Å². The van der Waals surface area contributed by atoms with Crippen molar-refractivity contribution in [2.45, 2.75) is 66.0 Å². The van der Waals surface area contributed by atoms with Gasteiger partial charge in [0.1, 0.15) is 6.04 Å². The molecule has 7 heteroatoms. The highest BCUT2D eigenvalue weighted by atomic mass is 32.1. The predicted octanol–water partition coefficient (Wildman–Crippen LogP) is 3.29. The maximum Gasteiger partial charge on any atom is 0.262 e. The van der Waals surface area contributed by atoms with Gasteiger partial charge in [0, 0.05) is 25.6 Å². The topological polar surface area (TPSA) is 78.5 Å². The number of likely N-dealkylation sites (tertiary alicyclic amines) is 1. The van der Waals surface area contributed by atoms with E-state index in [2.05, 4.69) is 24.5 Å². The molecule has 0 saturated carbocycles. The van der Waals surface area contributed by atoms with Crippen molar-refractivity contribution in [3.8, 4) is 0 Å². The molecule has 1 aliphatic heterocycles. The standard InChI is InChI=1S/C22H35N3O3S/c1-14(2)13-19(26)25-10-8-17(9-11-25)20(22(28)23-16(5)15(3)4)24-21(27)18-7-6-12-29-18/h6-7,12,14-17,20H,8-11,13H2,1-5H3,(H,23,28)(H,24,27)/t16-,20+/m1/s1. The van der Waals surface area contributed by atoms with Crippen molar-refractivity contribution in [1.82, 2.24) is 15.5 Å². The van der Waals surface area contributed by atoms with Gasteiger partial charge in [-0.25, -0.2) is 0 Å². The number of amides is 3. The third-order valence-electron chi connectivity index (χ3n) is 5.63. The summed E-state index contributed by atoms with van der Waals surface area (Å²) in [6.45, 7) is 11.4. The van der Waals surface area contributed by atoms with Crippen LogP contribution in [0.2, 0.25) is 0 Å².